The number of halogens is 1. The summed E-state index contributed by atoms with van der Waals surface area (Å²) in [6, 6.07) is 4.12. The molecule has 8 heteroatoms. The number of rotatable bonds is 7. The fourth-order valence-corrected chi connectivity index (χ4v) is 3.22. The van der Waals surface area contributed by atoms with Gasteiger partial charge in [0.2, 0.25) is 17.6 Å². The third-order valence-corrected chi connectivity index (χ3v) is 5.00. The minimum atomic E-state index is 0. The zero-order valence-corrected chi connectivity index (χ0v) is 15.5. The molecule has 1 N–H and O–H groups in total. The van der Waals surface area contributed by atoms with Gasteiger partial charge >= 0.3 is 0 Å². The van der Waals surface area contributed by atoms with Gasteiger partial charge in [0.1, 0.15) is 0 Å². The lowest BCUT2D eigenvalue weighted by molar-refractivity contribution is -0.132. The first kappa shape index (κ1) is 18.9. The average molecular weight is 381 g/mol. The maximum Gasteiger partial charge on any atom is 0.238 e. The Labute approximate surface area is 158 Å². The van der Waals surface area contributed by atoms with Gasteiger partial charge in [-0.15, -0.1) is 12.4 Å². The van der Waals surface area contributed by atoms with Crippen molar-refractivity contribution in [3.05, 3.63) is 24.3 Å². The van der Waals surface area contributed by atoms with Crippen molar-refractivity contribution >= 4 is 18.3 Å². The molecule has 1 saturated heterocycles. The third kappa shape index (κ3) is 4.86. The topological polar surface area (TPSA) is 84.4 Å². The molecule has 1 aliphatic carbocycles. The molecule has 3 heterocycles. The van der Waals surface area contributed by atoms with Crippen molar-refractivity contribution in [1.29, 1.82) is 0 Å². The van der Waals surface area contributed by atoms with Crippen LogP contribution >= 0.6 is 12.4 Å². The van der Waals surface area contributed by atoms with E-state index in [2.05, 4.69) is 15.5 Å². The fraction of sp³-hybridized carbons (Fsp3) is 0.611. The lowest BCUT2D eigenvalue weighted by Crippen LogP contribution is -2.45. The van der Waals surface area contributed by atoms with Gasteiger partial charge in [-0.1, -0.05) is 5.16 Å². The van der Waals surface area contributed by atoms with Gasteiger partial charge in [0.25, 0.3) is 0 Å². The Morgan fingerprint density at radius 2 is 2.08 bits per heavy atom. The maximum atomic E-state index is 12.4. The number of piperidine rings is 1. The van der Waals surface area contributed by atoms with Crippen molar-refractivity contribution in [2.24, 2.45) is 5.92 Å². The van der Waals surface area contributed by atoms with Crippen LogP contribution in [0.25, 0.3) is 11.6 Å². The van der Waals surface area contributed by atoms with Crippen LogP contribution in [-0.4, -0.2) is 46.6 Å². The lowest BCUT2D eigenvalue weighted by Gasteiger charge is -2.32. The Kier molecular flexibility index (Phi) is 6.32. The predicted octanol–water partition coefficient (Wildman–Crippen LogP) is 2.67. The summed E-state index contributed by atoms with van der Waals surface area (Å²) < 4.78 is 10.4. The zero-order valence-electron chi connectivity index (χ0n) is 14.7. The quantitative estimate of drug-likeness (QED) is 0.794. The number of hydrogen-bond donors (Lipinski definition) is 1. The largest absolute Gasteiger partial charge is 0.461 e. The molecule has 1 saturated carbocycles. The minimum absolute atomic E-state index is 0. The maximum absolute atomic E-state index is 12.4. The van der Waals surface area contributed by atoms with E-state index in [4.69, 9.17) is 8.94 Å². The van der Waals surface area contributed by atoms with Gasteiger partial charge in [-0.05, 0) is 50.3 Å². The van der Waals surface area contributed by atoms with E-state index in [0.29, 0.717) is 36.4 Å². The minimum Gasteiger partial charge on any atom is -0.461 e. The van der Waals surface area contributed by atoms with Crippen LogP contribution in [0.1, 0.15) is 38.0 Å². The normalized spacial score (nSPS) is 17.9. The highest BCUT2D eigenvalue weighted by Gasteiger charge is 2.26. The summed E-state index contributed by atoms with van der Waals surface area (Å²) in [7, 11) is 0. The lowest BCUT2D eigenvalue weighted by atomic mass is 10.0. The second-order valence-corrected chi connectivity index (χ2v) is 7.00. The summed E-state index contributed by atoms with van der Waals surface area (Å²) in [5, 5.41) is 7.52. The van der Waals surface area contributed by atoms with Gasteiger partial charge in [0.05, 0.1) is 6.26 Å². The Morgan fingerprint density at radius 1 is 1.27 bits per heavy atom. The van der Waals surface area contributed by atoms with Gasteiger partial charge in [0.15, 0.2) is 5.76 Å². The van der Waals surface area contributed by atoms with E-state index in [1.165, 1.54) is 12.8 Å². The van der Waals surface area contributed by atoms with Gasteiger partial charge in [0, 0.05) is 32.0 Å². The molecule has 142 valence electrons. The molecule has 2 aromatic rings. The zero-order chi connectivity index (χ0) is 17.1. The van der Waals surface area contributed by atoms with E-state index in [1.54, 1.807) is 18.4 Å². The number of amides is 1. The highest BCUT2D eigenvalue weighted by atomic mass is 35.5. The molecule has 0 spiro atoms. The van der Waals surface area contributed by atoms with Crippen molar-refractivity contribution in [3.63, 3.8) is 0 Å². The number of aromatic nitrogens is 2. The number of likely N-dealkylation sites (tertiary alicyclic amines) is 1. The predicted molar refractivity (Wildman–Crippen MR) is 97.9 cm³/mol. The van der Waals surface area contributed by atoms with Gasteiger partial charge in [-0.25, -0.2) is 0 Å². The summed E-state index contributed by atoms with van der Waals surface area (Å²) in [5.74, 6) is 2.54. The van der Waals surface area contributed by atoms with Crippen molar-refractivity contribution in [2.75, 3.05) is 19.6 Å². The highest BCUT2D eigenvalue weighted by molar-refractivity contribution is 5.85. The Balaban J connectivity index is 0.00000196. The van der Waals surface area contributed by atoms with E-state index in [1.807, 2.05) is 4.90 Å². The van der Waals surface area contributed by atoms with Crippen LogP contribution in [0.4, 0.5) is 0 Å². The van der Waals surface area contributed by atoms with Crippen LogP contribution in [0.2, 0.25) is 0 Å². The first-order valence-corrected chi connectivity index (χ1v) is 9.15. The molecule has 2 aliphatic rings. The summed E-state index contributed by atoms with van der Waals surface area (Å²) in [6.45, 7) is 2.82. The van der Waals surface area contributed by atoms with Crippen LogP contribution in [0, 0.1) is 5.92 Å². The third-order valence-electron chi connectivity index (χ3n) is 5.00. The molecule has 4 rings (SSSR count). The molecule has 0 atom stereocenters. The fourth-order valence-electron chi connectivity index (χ4n) is 3.22. The van der Waals surface area contributed by atoms with E-state index < -0.39 is 0 Å². The Hall–Kier alpha value is -1.86. The Bertz CT molecular complexity index is 691. The molecule has 1 aliphatic heterocycles. The molecular formula is C18H25ClN4O3. The summed E-state index contributed by atoms with van der Waals surface area (Å²) in [6.07, 6.45) is 7.27. The van der Waals surface area contributed by atoms with Crippen molar-refractivity contribution in [3.8, 4) is 11.6 Å². The second kappa shape index (κ2) is 8.68. The molecule has 0 radical (unpaired) electrons. The number of aryl methyl sites for hydroxylation is 1. The average Bonchev–Trinajstić information content (AvgIpc) is 3.11. The van der Waals surface area contributed by atoms with E-state index in [-0.39, 0.29) is 18.3 Å². The smallest absolute Gasteiger partial charge is 0.238 e. The number of nitrogens with one attached hydrogen (secondary N) is 1. The molecule has 0 bridgehead atoms. The summed E-state index contributed by atoms with van der Waals surface area (Å²) in [4.78, 5) is 18.6. The second-order valence-electron chi connectivity index (χ2n) is 7.00. The van der Waals surface area contributed by atoms with Crippen LogP contribution in [0.15, 0.2) is 27.3 Å². The molecule has 2 fully saturated rings. The standard InChI is InChI=1S/C18H24N4O3.ClH/c23-17(22-9-7-14(8-10-22)19-12-13-3-4-13)6-5-16-20-18(21-25-16)15-2-1-11-24-15;/h1-2,11,13-14,19H,3-10,12H2;1H. The number of carbonyl (C=O) groups is 1. The van der Waals surface area contributed by atoms with Crippen LogP contribution < -0.4 is 5.32 Å². The molecule has 0 aromatic carbocycles. The first-order valence-electron chi connectivity index (χ1n) is 9.15. The number of nitrogens with zero attached hydrogens (tertiary/aromatic N) is 3. The SMILES string of the molecule is Cl.O=C(CCc1nc(-c2ccco2)no1)N1CCC(NCC2CC2)CC1. The number of carbonyl (C=O) groups excluding carboxylic acids is 1. The van der Waals surface area contributed by atoms with Gasteiger partial charge in [-0.3, -0.25) is 4.79 Å². The monoisotopic (exact) mass is 380 g/mol. The van der Waals surface area contributed by atoms with Gasteiger partial charge < -0.3 is 19.2 Å². The molecule has 26 heavy (non-hydrogen) atoms. The van der Waals surface area contributed by atoms with Crippen LogP contribution in [0.5, 0.6) is 0 Å². The summed E-state index contributed by atoms with van der Waals surface area (Å²) in [5.41, 5.74) is 0. The van der Waals surface area contributed by atoms with Crippen LogP contribution in [-0.2, 0) is 11.2 Å². The highest BCUT2D eigenvalue weighted by Crippen LogP contribution is 2.28. The molecular weight excluding hydrogens is 356 g/mol. The van der Waals surface area contributed by atoms with E-state index in [0.717, 1.165) is 38.4 Å². The molecule has 7 nitrogen and oxygen atoms in total. The number of hydrogen-bond acceptors (Lipinski definition) is 6. The van der Waals surface area contributed by atoms with E-state index in [9.17, 15) is 4.79 Å². The summed E-state index contributed by atoms with van der Waals surface area (Å²) >= 11 is 0. The van der Waals surface area contributed by atoms with Crippen molar-refractivity contribution < 1.29 is 13.7 Å². The number of furan rings is 1. The van der Waals surface area contributed by atoms with Crippen molar-refractivity contribution in [1.82, 2.24) is 20.4 Å². The van der Waals surface area contributed by atoms with E-state index >= 15 is 0 Å². The molecule has 1 amide bonds. The van der Waals surface area contributed by atoms with Crippen LogP contribution in [0.3, 0.4) is 0 Å². The first-order chi connectivity index (χ1) is 12.3. The van der Waals surface area contributed by atoms with Crippen molar-refractivity contribution in [2.45, 2.75) is 44.6 Å². The molecule has 2 aromatic heterocycles. The molecule has 0 unspecified atom stereocenters. The Morgan fingerprint density at radius 3 is 2.77 bits per heavy atom. The van der Waals surface area contributed by atoms with Gasteiger partial charge in [-0.2, -0.15) is 4.98 Å².